The van der Waals surface area contributed by atoms with Crippen LogP contribution in [-0.2, 0) is 6.42 Å². The second-order valence-electron chi connectivity index (χ2n) is 4.11. The highest BCUT2D eigenvalue weighted by atomic mass is 79.9. The Morgan fingerprint density at radius 3 is 2.78 bits per heavy atom. The van der Waals surface area contributed by atoms with Gasteiger partial charge in [0.2, 0.25) is 0 Å². The van der Waals surface area contributed by atoms with Gasteiger partial charge in [-0.3, -0.25) is 11.3 Å². The van der Waals surface area contributed by atoms with Gasteiger partial charge in [-0.2, -0.15) is 0 Å². The number of halogens is 2. The molecule has 3 N–H and O–H groups in total. The molecule has 1 heterocycles. The Hall–Kier alpha value is -0.750. The number of benzene rings is 1. The highest BCUT2D eigenvalue weighted by Gasteiger charge is 2.16. The Balaban J connectivity index is 2.25. The first-order chi connectivity index (χ1) is 8.61. The third-order valence-corrected chi connectivity index (χ3v) is 4.48. The van der Waals surface area contributed by atoms with E-state index in [0.29, 0.717) is 17.5 Å². The molecule has 1 aromatic heterocycles. The average molecular weight is 329 g/mol. The molecule has 0 aliphatic rings. The summed E-state index contributed by atoms with van der Waals surface area (Å²) < 4.78 is 15.1. The molecule has 0 aliphatic carbocycles. The fourth-order valence-electron chi connectivity index (χ4n) is 1.86. The van der Waals surface area contributed by atoms with E-state index in [1.807, 2.05) is 18.2 Å². The molecule has 0 amide bonds. The van der Waals surface area contributed by atoms with Gasteiger partial charge in [0.15, 0.2) is 0 Å². The highest BCUT2D eigenvalue weighted by molar-refractivity contribution is 9.11. The molecule has 2 aromatic rings. The third kappa shape index (κ3) is 2.98. The summed E-state index contributed by atoms with van der Waals surface area (Å²) in [5, 5.41) is 0. The van der Waals surface area contributed by atoms with Gasteiger partial charge < -0.3 is 0 Å². The standard InChI is InChI=1S/C13H14BrFN2S/c1-8-3-2-4-10(13(8)15)11(17-16)7-9-5-6-12(14)18-9/h2-6,11,17H,7,16H2,1H3. The van der Waals surface area contributed by atoms with Crippen molar-refractivity contribution in [3.8, 4) is 0 Å². The molecule has 2 nitrogen and oxygen atoms in total. The van der Waals surface area contributed by atoms with E-state index in [1.165, 1.54) is 0 Å². The SMILES string of the molecule is Cc1cccc(C(Cc2ccc(Br)s2)NN)c1F. The lowest BCUT2D eigenvalue weighted by atomic mass is 10.0. The Morgan fingerprint density at radius 1 is 1.39 bits per heavy atom. The van der Waals surface area contributed by atoms with Crippen LogP contribution < -0.4 is 11.3 Å². The van der Waals surface area contributed by atoms with Gasteiger partial charge in [0.05, 0.1) is 9.83 Å². The summed E-state index contributed by atoms with van der Waals surface area (Å²) in [6.07, 6.45) is 0.674. The van der Waals surface area contributed by atoms with E-state index in [4.69, 9.17) is 5.84 Å². The number of aryl methyl sites for hydroxylation is 1. The lowest BCUT2D eigenvalue weighted by molar-refractivity contribution is 0.510. The maximum atomic E-state index is 14.0. The van der Waals surface area contributed by atoms with Gasteiger partial charge in [-0.1, -0.05) is 18.2 Å². The molecule has 5 heteroatoms. The smallest absolute Gasteiger partial charge is 0.130 e. The molecule has 18 heavy (non-hydrogen) atoms. The van der Waals surface area contributed by atoms with Crippen molar-refractivity contribution < 1.29 is 4.39 Å². The molecule has 1 aromatic carbocycles. The van der Waals surface area contributed by atoms with Crippen molar-refractivity contribution in [2.45, 2.75) is 19.4 Å². The van der Waals surface area contributed by atoms with Crippen LogP contribution >= 0.6 is 27.3 Å². The fourth-order valence-corrected chi connectivity index (χ4v) is 3.39. The normalized spacial score (nSPS) is 12.7. The number of nitrogens with one attached hydrogen (secondary N) is 1. The van der Waals surface area contributed by atoms with Crippen LogP contribution in [0.1, 0.15) is 22.0 Å². The van der Waals surface area contributed by atoms with Gasteiger partial charge in [-0.15, -0.1) is 11.3 Å². The summed E-state index contributed by atoms with van der Waals surface area (Å²) in [6.45, 7) is 1.76. The summed E-state index contributed by atoms with van der Waals surface area (Å²) in [5.74, 6) is 5.37. The summed E-state index contributed by atoms with van der Waals surface area (Å²) in [6, 6.07) is 9.18. The maximum absolute atomic E-state index is 14.0. The van der Waals surface area contributed by atoms with Crippen molar-refractivity contribution in [3.63, 3.8) is 0 Å². The van der Waals surface area contributed by atoms with Crippen LogP contribution in [0.3, 0.4) is 0 Å². The van der Waals surface area contributed by atoms with Crippen molar-refractivity contribution in [2.75, 3.05) is 0 Å². The van der Waals surface area contributed by atoms with Crippen molar-refractivity contribution >= 4 is 27.3 Å². The number of hydrogen-bond donors (Lipinski definition) is 2. The van der Waals surface area contributed by atoms with E-state index in [1.54, 1.807) is 30.4 Å². The average Bonchev–Trinajstić information content (AvgIpc) is 2.76. The Morgan fingerprint density at radius 2 is 2.17 bits per heavy atom. The molecule has 0 saturated heterocycles. The summed E-state index contributed by atoms with van der Waals surface area (Å²) in [5.41, 5.74) is 3.95. The third-order valence-electron chi connectivity index (χ3n) is 2.83. The number of hydrogen-bond acceptors (Lipinski definition) is 3. The minimum atomic E-state index is -0.213. The molecule has 2 rings (SSSR count). The van der Waals surface area contributed by atoms with Crippen molar-refractivity contribution in [1.82, 2.24) is 5.43 Å². The minimum absolute atomic E-state index is 0.184. The van der Waals surface area contributed by atoms with Crippen LogP contribution in [-0.4, -0.2) is 0 Å². The van der Waals surface area contributed by atoms with Crippen LogP contribution in [0, 0.1) is 12.7 Å². The number of thiophene rings is 1. The van der Waals surface area contributed by atoms with Gasteiger partial charge in [0, 0.05) is 16.9 Å². The molecule has 0 spiro atoms. The first-order valence-corrected chi connectivity index (χ1v) is 7.18. The lowest BCUT2D eigenvalue weighted by Crippen LogP contribution is -2.30. The number of rotatable bonds is 4. The van der Waals surface area contributed by atoms with Gasteiger partial charge >= 0.3 is 0 Å². The molecule has 1 atom stereocenters. The van der Waals surface area contributed by atoms with Crippen LogP contribution in [0.25, 0.3) is 0 Å². The monoisotopic (exact) mass is 328 g/mol. The van der Waals surface area contributed by atoms with Crippen LogP contribution in [0.5, 0.6) is 0 Å². The predicted molar refractivity (Wildman–Crippen MR) is 76.9 cm³/mol. The molecular formula is C13H14BrFN2S. The minimum Gasteiger partial charge on any atom is -0.271 e. The predicted octanol–water partition coefficient (Wildman–Crippen LogP) is 3.71. The van der Waals surface area contributed by atoms with Crippen LogP contribution in [0.2, 0.25) is 0 Å². The van der Waals surface area contributed by atoms with E-state index in [9.17, 15) is 4.39 Å². The molecular weight excluding hydrogens is 315 g/mol. The van der Waals surface area contributed by atoms with E-state index in [2.05, 4.69) is 21.4 Å². The molecule has 1 unspecified atom stereocenters. The summed E-state index contributed by atoms with van der Waals surface area (Å²) >= 11 is 5.05. The molecule has 0 radical (unpaired) electrons. The second kappa shape index (κ2) is 5.93. The summed E-state index contributed by atoms with van der Waals surface area (Å²) in [4.78, 5) is 1.16. The highest BCUT2D eigenvalue weighted by Crippen LogP contribution is 2.28. The van der Waals surface area contributed by atoms with Crippen LogP contribution in [0.4, 0.5) is 4.39 Å². The first-order valence-electron chi connectivity index (χ1n) is 5.57. The Labute approximate surface area is 118 Å². The van der Waals surface area contributed by atoms with Gasteiger partial charge in [-0.25, -0.2) is 4.39 Å². The molecule has 0 saturated carbocycles. The van der Waals surface area contributed by atoms with E-state index < -0.39 is 0 Å². The molecule has 0 bridgehead atoms. The number of nitrogens with two attached hydrogens (primary N) is 1. The van der Waals surface area contributed by atoms with E-state index in [0.717, 1.165) is 8.66 Å². The lowest BCUT2D eigenvalue weighted by Gasteiger charge is -2.17. The molecule has 96 valence electrons. The Bertz CT molecular complexity index is 542. The van der Waals surface area contributed by atoms with Crippen molar-refractivity contribution in [2.24, 2.45) is 5.84 Å². The van der Waals surface area contributed by atoms with Crippen molar-refractivity contribution in [1.29, 1.82) is 0 Å². The zero-order valence-electron chi connectivity index (χ0n) is 9.91. The quantitative estimate of drug-likeness (QED) is 0.663. The van der Waals surface area contributed by atoms with Crippen molar-refractivity contribution in [3.05, 3.63) is 55.9 Å². The van der Waals surface area contributed by atoms with E-state index in [-0.39, 0.29) is 11.9 Å². The van der Waals surface area contributed by atoms with Crippen LogP contribution in [0.15, 0.2) is 34.1 Å². The van der Waals surface area contributed by atoms with Gasteiger partial charge in [0.25, 0.3) is 0 Å². The van der Waals surface area contributed by atoms with E-state index >= 15 is 0 Å². The summed E-state index contributed by atoms with van der Waals surface area (Å²) in [7, 11) is 0. The maximum Gasteiger partial charge on any atom is 0.130 e. The second-order valence-corrected chi connectivity index (χ2v) is 6.65. The fraction of sp³-hybridized carbons (Fsp3) is 0.231. The number of hydrazine groups is 1. The van der Waals surface area contributed by atoms with Gasteiger partial charge in [0.1, 0.15) is 5.82 Å². The zero-order chi connectivity index (χ0) is 13.1. The largest absolute Gasteiger partial charge is 0.271 e. The topological polar surface area (TPSA) is 38.0 Å². The first kappa shape index (κ1) is 13.7. The van der Waals surface area contributed by atoms with Gasteiger partial charge in [-0.05, 0) is 40.5 Å². The molecule has 0 fully saturated rings. The Kier molecular flexibility index (Phi) is 4.50. The molecule has 0 aliphatic heterocycles. The zero-order valence-corrected chi connectivity index (χ0v) is 12.3.